The van der Waals surface area contributed by atoms with E-state index in [0.717, 1.165) is 5.56 Å². The quantitative estimate of drug-likeness (QED) is 0.354. The lowest BCUT2D eigenvalue weighted by Gasteiger charge is -2.28. The zero-order valence-corrected chi connectivity index (χ0v) is 17.1. The van der Waals surface area contributed by atoms with Gasteiger partial charge in [-0.3, -0.25) is 24.5 Å². The number of nitro groups is 1. The van der Waals surface area contributed by atoms with Gasteiger partial charge in [0.15, 0.2) is 6.10 Å². The molecule has 0 radical (unpaired) electrons. The van der Waals surface area contributed by atoms with E-state index in [-0.39, 0.29) is 11.6 Å². The van der Waals surface area contributed by atoms with Crippen LogP contribution >= 0.6 is 0 Å². The molecule has 0 aliphatic carbocycles. The second kappa shape index (κ2) is 7.58. The van der Waals surface area contributed by atoms with Crippen LogP contribution in [0.4, 0.5) is 17.1 Å². The Balaban J connectivity index is 1.57. The molecule has 3 aromatic carbocycles. The summed E-state index contributed by atoms with van der Waals surface area (Å²) in [6.07, 6.45) is -0.982. The summed E-state index contributed by atoms with van der Waals surface area (Å²) in [6.45, 7) is 1.93. The molecule has 0 spiro atoms. The zero-order chi connectivity index (χ0) is 22.4. The molecule has 2 saturated heterocycles. The van der Waals surface area contributed by atoms with E-state index in [1.54, 1.807) is 29.3 Å². The van der Waals surface area contributed by atoms with E-state index in [1.165, 1.54) is 17.0 Å². The largest absolute Gasteiger partial charge is 0.273 e. The first kappa shape index (κ1) is 19.9. The fourth-order valence-corrected chi connectivity index (χ4v) is 4.29. The molecule has 0 bridgehead atoms. The number of carbonyl (C=O) groups excluding carboxylic acids is 2. The smallest absolute Gasteiger partial charge is 0.269 e. The lowest BCUT2D eigenvalue weighted by molar-refractivity contribution is -0.384. The maximum absolute atomic E-state index is 13.5. The van der Waals surface area contributed by atoms with Crippen molar-refractivity contribution in [1.82, 2.24) is 0 Å². The van der Waals surface area contributed by atoms with Crippen molar-refractivity contribution in [3.8, 4) is 0 Å². The van der Waals surface area contributed by atoms with Gasteiger partial charge in [0.2, 0.25) is 5.91 Å². The SMILES string of the molecule is Cc1ccc(N2C(=O)[C@@H]3[C@H](ON(c4ccccc4)[C@H]3c3ccc([N+](=O)[O-])cc3)C2=O)cc1. The Morgan fingerprint density at radius 1 is 0.844 bits per heavy atom. The van der Waals surface area contributed by atoms with Crippen molar-refractivity contribution < 1.29 is 19.3 Å². The van der Waals surface area contributed by atoms with Gasteiger partial charge < -0.3 is 0 Å². The van der Waals surface area contributed by atoms with Crippen LogP contribution in [0.1, 0.15) is 17.2 Å². The van der Waals surface area contributed by atoms with Crippen LogP contribution < -0.4 is 9.96 Å². The molecule has 8 nitrogen and oxygen atoms in total. The first-order valence-electron chi connectivity index (χ1n) is 10.2. The minimum absolute atomic E-state index is 0.0504. The summed E-state index contributed by atoms with van der Waals surface area (Å²) in [4.78, 5) is 44.6. The van der Waals surface area contributed by atoms with Crippen LogP contribution in [0.2, 0.25) is 0 Å². The third kappa shape index (κ3) is 3.12. The Bertz CT molecular complexity index is 1190. The minimum Gasteiger partial charge on any atom is -0.273 e. The Morgan fingerprint density at radius 2 is 1.50 bits per heavy atom. The topological polar surface area (TPSA) is 93.0 Å². The van der Waals surface area contributed by atoms with Gasteiger partial charge in [0.1, 0.15) is 5.92 Å². The molecular weight excluding hydrogens is 410 g/mol. The number of fused-ring (bicyclic) bond motifs is 1. The van der Waals surface area contributed by atoms with Crippen LogP contribution in [0.3, 0.4) is 0 Å². The van der Waals surface area contributed by atoms with E-state index in [9.17, 15) is 19.7 Å². The number of carbonyl (C=O) groups is 2. The van der Waals surface area contributed by atoms with E-state index >= 15 is 0 Å². The van der Waals surface area contributed by atoms with Crippen LogP contribution in [-0.2, 0) is 14.4 Å². The third-order valence-corrected chi connectivity index (χ3v) is 5.86. The Morgan fingerprint density at radius 3 is 2.12 bits per heavy atom. The lowest BCUT2D eigenvalue weighted by atomic mass is 9.90. The molecule has 2 fully saturated rings. The fraction of sp³-hybridized carbons (Fsp3) is 0.167. The van der Waals surface area contributed by atoms with E-state index in [0.29, 0.717) is 16.9 Å². The van der Waals surface area contributed by atoms with Gasteiger partial charge in [0, 0.05) is 12.1 Å². The number of hydrogen-bond acceptors (Lipinski definition) is 6. The van der Waals surface area contributed by atoms with E-state index in [1.807, 2.05) is 49.4 Å². The third-order valence-electron chi connectivity index (χ3n) is 5.86. The second-order valence-corrected chi connectivity index (χ2v) is 7.85. The second-order valence-electron chi connectivity index (χ2n) is 7.85. The van der Waals surface area contributed by atoms with Gasteiger partial charge in [-0.2, -0.15) is 0 Å². The van der Waals surface area contributed by atoms with Crippen molar-refractivity contribution in [2.24, 2.45) is 5.92 Å². The number of hydrogen-bond donors (Lipinski definition) is 0. The average Bonchev–Trinajstić information content (AvgIpc) is 3.31. The standard InChI is InChI=1S/C24H19N3O5/c1-15-7-11-17(12-8-15)25-23(28)20-21(16-9-13-19(14-10-16)27(30)31)26(32-22(20)24(25)29)18-5-3-2-4-6-18/h2-14,20-22H,1H3/t20-,21-,22-/m0/s1. The summed E-state index contributed by atoms with van der Waals surface area (Å²) < 4.78 is 0. The normalized spacial score (nSPS) is 22.3. The highest BCUT2D eigenvalue weighted by molar-refractivity contribution is 6.23. The highest BCUT2D eigenvalue weighted by Gasteiger charge is 2.60. The molecule has 3 atom stereocenters. The number of anilines is 2. The molecule has 0 saturated carbocycles. The van der Waals surface area contributed by atoms with Gasteiger partial charge in [-0.1, -0.05) is 48.0 Å². The van der Waals surface area contributed by atoms with Crippen molar-refractivity contribution in [3.05, 3.63) is 100 Å². The van der Waals surface area contributed by atoms with Crippen LogP contribution in [0.25, 0.3) is 0 Å². The molecule has 0 unspecified atom stereocenters. The van der Waals surface area contributed by atoms with Gasteiger partial charge in [-0.25, -0.2) is 9.96 Å². The first-order chi connectivity index (χ1) is 15.5. The van der Waals surface area contributed by atoms with Crippen LogP contribution in [0.5, 0.6) is 0 Å². The summed E-state index contributed by atoms with van der Waals surface area (Å²) in [5, 5.41) is 12.7. The van der Waals surface area contributed by atoms with Gasteiger partial charge >= 0.3 is 0 Å². The van der Waals surface area contributed by atoms with Crippen LogP contribution in [0.15, 0.2) is 78.9 Å². The summed E-state index contributed by atoms with van der Waals surface area (Å²) in [7, 11) is 0. The summed E-state index contributed by atoms with van der Waals surface area (Å²) in [5.74, 6) is -1.56. The number of rotatable bonds is 4. The number of amides is 2. The summed E-state index contributed by atoms with van der Waals surface area (Å²) >= 11 is 0. The fourth-order valence-electron chi connectivity index (χ4n) is 4.29. The number of para-hydroxylation sites is 1. The summed E-state index contributed by atoms with van der Waals surface area (Å²) in [6, 6.07) is 21.7. The van der Waals surface area contributed by atoms with Crippen molar-refractivity contribution in [3.63, 3.8) is 0 Å². The predicted molar refractivity (Wildman–Crippen MR) is 117 cm³/mol. The average molecular weight is 429 g/mol. The number of benzene rings is 3. The number of nitro benzene ring substituents is 1. The van der Waals surface area contributed by atoms with Crippen molar-refractivity contribution in [2.75, 3.05) is 9.96 Å². The molecule has 8 heteroatoms. The molecule has 32 heavy (non-hydrogen) atoms. The molecule has 2 aliphatic rings. The predicted octanol–water partition coefficient (Wildman–Crippen LogP) is 3.95. The van der Waals surface area contributed by atoms with Crippen LogP contribution in [-0.4, -0.2) is 22.8 Å². The number of nitrogens with zero attached hydrogens (tertiary/aromatic N) is 3. The molecule has 3 aromatic rings. The van der Waals surface area contributed by atoms with Crippen LogP contribution in [0, 0.1) is 23.0 Å². The number of non-ortho nitro benzene ring substituents is 1. The maximum Gasteiger partial charge on any atom is 0.269 e. The monoisotopic (exact) mass is 429 g/mol. The van der Waals surface area contributed by atoms with Gasteiger partial charge in [-0.05, 0) is 36.8 Å². The summed E-state index contributed by atoms with van der Waals surface area (Å²) in [5.41, 5.74) is 2.80. The number of hydroxylamine groups is 1. The number of imide groups is 1. The number of aryl methyl sites for hydroxylation is 1. The Kier molecular flexibility index (Phi) is 4.71. The van der Waals surface area contributed by atoms with E-state index in [2.05, 4.69) is 0 Å². The molecule has 2 aliphatic heterocycles. The van der Waals surface area contributed by atoms with Crippen molar-refractivity contribution in [2.45, 2.75) is 19.1 Å². The van der Waals surface area contributed by atoms with Crippen molar-refractivity contribution >= 4 is 28.9 Å². The molecule has 2 heterocycles. The highest BCUT2D eigenvalue weighted by Crippen LogP contribution is 2.47. The molecule has 160 valence electrons. The van der Waals surface area contributed by atoms with Gasteiger partial charge in [-0.15, -0.1) is 0 Å². The molecule has 2 amide bonds. The zero-order valence-electron chi connectivity index (χ0n) is 17.1. The highest BCUT2D eigenvalue weighted by atomic mass is 16.7. The molecule has 5 rings (SSSR count). The maximum atomic E-state index is 13.5. The van der Waals surface area contributed by atoms with E-state index in [4.69, 9.17) is 4.84 Å². The Hall–Kier alpha value is -4.04. The molecule has 0 N–H and O–H groups in total. The first-order valence-corrected chi connectivity index (χ1v) is 10.2. The lowest BCUT2D eigenvalue weighted by Crippen LogP contribution is -2.37. The Labute approximate surface area is 183 Å². The molecular formula is C24H19N3O5. The molecule has 0 aromatic heterocycles. The van der Waals surface area contributed by atoms with E-state index < -0.39 is 28.9 Å². The minimum atomic E-state index is -0.982. The van der Waals surface area contributed by atoms with Gasteiger partial charge in [0.05, 0.1) is 22.3 Å². The van der Waals surface area contributed by atoms with Crippen molar-refractivity contribution in [1.29, 1.82) is 0 Å². The van der Waals surface area contributed by atoms with Gasteiger partial charge in [0.25, 0.3) is 11.6 Å².